The Morgan fingerprint density at radius 1 is 1.20 bits per heavy atom. The molecule has 0 aliphatic heterocycles. The summed E-state index contributed by atoms with van der Waals surface area (Å²) in [6.07, 6.45) is 0. The molecule has 7 heteroatoms. The number of halogens is 1. The van der Waals surface area contributed by atoms with Crippen molar-refractivity contribution >= 4 is 23.5 Å². The molecule has 0 saturated heterocycles. The highest BCUT2D eigenvalue weighted by Crippen LogP contribution is 2.29. The van der Waals surface area contributed by atoms with E-state index >= 15 is 0 Å². The summed E-state index contributed by atoms with van der Waals surface area (Å²) in [6, 6.07) is 5.72. The van der Waals surface area contributed by atoms with Crippen molar-refractivity contribution in [1.82, 2.24) is 15.0 Å². The maximum atomic E-state index is 6.13. The van der Waals surface area contributed by atoms with E-state index in [4.69, 9.17) is 16.3 Å². The van der Waals surface area contributed by atoms with Crippen LogP contribution in [0.25, 0.3) is 0 Å². The molecule has 0 fully saturated rings. The number of aromatic nitrogens is 3. The molecule has 0 bridgehead atoms. The third kappa shape index (κ3) is 3.27. The molecule has 2 aromatic rings. The highest BCUT2D eigenvalue weighted by Gasteiger charge is 2.11. The lowest BCUT2D eigenvalue weighted by molar-refractivity contribution is 0.441. The molecule has 0 aliphatic rings. The summed E-state index contributed by atoms with van der Waals surface area (Å²) in [4.78, 5) is 14.4. The molecule has 106 valence electrons. The Balaban J connectivity index is 2.34. The highest BCUT2D eigenvalue weighted by atomic mass is 35.5. The van der Waals surface area contributed by atoms with Gasteiger partial charge in [0.2, 0.25) is 11.9 Å². The smallest absolute Gasteiger partial charge is 0.328 e. The molecule has 6 nitrogen and oxygen atoms in total. The Hall–Kier alpha value is -2.08. The van der Waals surface area contributed by atoms with E-state index in [9.17, 15) is 0 Å². The predicted octanol–water partition coefficient (Wildman–Crippen LogP) is 2.73. The number of nitrogens with zero attached hydrogens (tertiary/aromatic N) is 4. The first-order valence-corrected chi connectivity index (χ1v) is 6.42. The summed E-state index contributed by atoms with van der Waals surface area (Å²) < 4.78 is 5.64. The minimum Gasteiger partial charge on any atom is -0.423 e. The molecule has 0 saturated carbocycles. The van der Waals surface area contributed by atoms with Gasteiger partial charge in [0, 0.05) is 21.1 Å². The van der Waals surface area contributed by atoms with E-state index in [2.05, 4.69) is 20.3 Å². The van der Waals surface area contributed by atoms with Crippen LogP contribution >= 0.6 is 11.6 Å². The van der Waals surface area contributed by atoms with Crippen LogP contribution < -0.4 is 15.0 Å². The zero-order valence-electron chi connectivity index (χ0n) is 11.8. The highest BCUT2D eigenvalue weighted by molar-refractivity contribution is 6.32. The van der Waals surface area contributed by atoms with Gasteiger partial charge in [0.05, 0.1) is 5.02 Å². The first-order valence-electron chi connectivity index (χ1n) is 6.04. The molecular formula is C13H16ClN5O. The maximum Gasteiger partial charge on any atom is 0.328 e. The molecular weight excluding hydrogens is 278 g/mol. The van der Waals surface area contributed by atoms with Crippen LogP contribution in [0.15, 0.2) is 18.2 Å². The first-order chi connectivity index (χ1) is 9.49. The van der Waals surface area contributed by atoms with E-state index in [1.807, 2.05) is 33.2 Å². The standard InChI is InChI=1S/C13H16ClN5O/c1-8-5-6-10(9(14)7-8)20-13-17-11(15-2)16-12(18-13)19(3)4/h5-7H,1-4H3,(H,15,16,17,18). The van der Waals surface area contributed by atoms with E-state index in [1.165, 1.54) is 0 Å². The molecule has 0 atom stereocenters. The predicted molar refractivity (Wildman–Crippen MR) is 80.0 cm³/mol. The maximum absolute atomic E-state index is 6.13. The fourth-order valence-electron chi connectivity index (χ4n) is 1.49. The van der Waals surface area contributed by atoms with Crippen LogP contribution in [-0.2, 0) is 0 Å². The number of nitrogens with one attached hydrogen (secondary N) is 1. The van der Waals surface area contributed by atoms with Gasteiger partial charge in [0.15, 0.2) is 0 Å². The van der Waals surface area contributed by atoms with Gasteiger partial charge in [-0.05, 0) is 24.6 Å². The van der Waals surface area contributed by atoms with Gasteiger partial charge in [0.1, 0.15) is 5.75 Å². The Bertz CT molecular complexity index is 618. The lowest BCUT2D eigenvalue weighted by atomic mass is 10.2. The van der Waals surface area contributed by atoms with Crippen molar-refractivity contribution in [3.8, 4) is 11.8 Å². The fraction of sp³-hybridized carbons (Fsp3) is 0.308. The Kier molecular flexibility index (Phi) is 4.24. The second-order valence-electron chi connectivity index (χ2n) is 4.42. The quantitative estimate of drug-likeness (QED) is 0.935. The topological polar surface area (TPSA) is 63.2 Å². The first kappa shape index (κ1) is 14.3. The zero-order valence-corrected chi connectivity index (χ0v) is 12.6. The van der Waals surface area contributed by atoms with E-state index in [0.717, 1.165) is 5.56 Å². The minimum atomic E-state index is 0.193. The van der Waals surface area contributed by atoms with Gasteiger partial charge >= 0.3 is 6.01 Å². The summed E-state index contributed by atoms with van der Waals surface area (Å²) in [5.41, 5.74) is 1.06. The number of aryl methyl sites for hydroxylation is 1. The number of anilines is 2. The Labute approximate surface area is 122 Å². The third-order valence-corrected chi connectivity index (χ3v) is 2.81. The largest absolute Gasteiger partial charge is 0.423 e. The van der Waals surface area contributed by atoms with Crippen molar-refractivity contribution in [3.63, 3.8) is 0 Å². The molecule has 0 unspecified atom stereocenters. The van der Waals surface area contributed by atoms with Crippen LogP contribution in [-0.4, -0.2) is 36.1 Å². The Morgan fingerprint density at radius 2 is 1.95 bits per heavy atom. The molecule has 0 amide bonds. The number of hydrogen-bond acceptors (Lipinski definition) is 6. The summed E-state index contributed by atoms with van der Waals surface area (Å²) in [6.45, 7) is 1.96. The monoisotopic (exact) mass is 293 g/mol. The molecule has 1 heterocycles. The van der Waals surface area contributed by atoms with E-state index in [1.54, 1.807) is 18.0 Å². The molecule has 1 aromatic heterocycles. The summed E-state index contributed by atoms with van der Waals surface area (Å²) in [7, 11) is 5.42. The molecule has 1 N–H and O–H groups in total. The van der Waals surface area contributed by atoms with Crippen LogP contribution in [0.4, 0.5) is 11.9 Å². The van der Waals surface area contributed by atoms with Crippen LogP contribution in [0.1, 0.15) is 5.56 Å². The van der Waals surface area contributed by atoms with Crippen molar-refractivity contribution in [1.29, 1.82) is 0 Å². The van der Waals surface area contributed by atoms with Crippen LogP contribution in [0, 0.1) is 6.92 Å². The lowest BCUT2D eigenvalue weighted by Crippen LogP contribution is -2.15. The van der Waals surface area contributed by atoms with Gasteiger partial charge in [-0.15, -0.1) is 0 Å². The second-order valence-corrected chi connectivity index (χ2v) is 4.83. The van der Waals surface area contributed by atoms with Crippen molar-refractivity contribution < 1.29 is 4.74 Å². The van der Waals surface area contributed by atoms with E-state index in [0.29, 0.717) is 22.7 Å². The fourth-order valence-corrected chi connectivity index (χ4v) is 1.76. The van der Waals surface area contributed by atoms with Gasteiger partial charge < -0.3 is 15.0 Å². The minimum absolute atomic E-state index is 0.193. The van der Waals surface area contributed by atoms with Crippen molar-refractivity contribution in [2.75, 3.05) is 31.4 Å². The van der Waals surface area contributed by atoms with Gasteiger partial charge in [-0.3, -0.25) is 0 Å². The van der Waals surface area contributed by atoms with Gasteiger partial charge in [-0.2, -0.15) is 15.0 Å². The molecule has 0 radical (unpaired) electrons. The second kappa shape index (κ2) is 5.92. The normalized spacial score (nSPS) is 10.2. The summed E-state index contributed by atoms with van der Waals surface area (Å²) >= 11 is 6.13. The molecule has 1 aromatic carbocycles. The number of hydrogen-bond donors (Lipinski definition) is 1. The van der Waals surface area contributed by atoms with Crippen LogP contribution in [0.3, 0.4) is 0 Å². The van der Waals surface area contributed by atoms with Crippen molar-refractivity contribution in [3.05, 3.63) is 28.8 Å². The Morgan fingerprint density at radius 3 is 2.55 bits per heavy atom. The molecule has 2 rings (SSSR count). The molecule has 20 heavy (non-hydrogen) atoms. The molecule has 0 aliphatic carbocycles. The number of benzene rings is 1. The summed E-state index contributed by atoms with van der Waals surface area (Å²) in [5, 5.41) is 3.39. The summed E-state index contributed by atoms with van der Waals surface area (Å²) in [5.74, 6) is 1.44. The zero-order chi connectivity index (χ0) is 14.7. The molecule has 0 spiro atoms. The van der Waals surface area contributed by atoms with Crippen LogP contribution in [0.2, 0.25) is 5.02 Å². The van der Waals surface area contributed by atoms with Gasteiger partial charge in [-0.1, -0.05) is 17.7 Å². The number of rotatable bonds is 4. The van der Waals surface area contributed by atoms with Crippen molar-refractivity contribution in [2.24, 2.45) is 0 Å². The van der Waals surface area contributed by atoms with Crippen molar-refractivity contribution in [2.45, 2.75) is 6.92 Å². The average molecular weight is 294 g/mol. The van der Waals surface area contributed by atoms with Gasteiger partial charge in [0.25, 0.3) is 0 Å². The lowest BCUT2D eigenvalue weighted by Gasteiger charge is -2.13. The van der Waals surface area contributed by atoms with Crippen LogP contribution in [0.5, 0.6) is 11.8 Å². The SMILES string of the molecule is CNc1nc(Oc2ccc(C)cc2Cl)nc(N(C)C)n1. The van der Waals surface area contributed by atoms with Gasteiger partial charge in [-0.25, -0.2) is 0 Å². The third-order valence-electron chi connectivity index (χ3n) is 2.52. The number of ether oxygens (including phenoxy) is 1. The average Bonchev–Trinajstić information content (AvgIpc) is 2.41. The van der Waals surface area contributed by atoms with E-state index in [-0.39, 0.29) is 6.01 Å². The van der Waals surface area contributed by atoms with E-state index < -0.39 is 0 Å².